The third-order valence-corrected chi connectivity index (χ3v) is 14.4. The van der Waals surface area contributed by atoms with Crippen molar-refractivity contribution in [3.63, 3.8) is 0 Å². The molecular weight excluding hydrogens is 775 g/mol. The highest BCUT2D eigenvalue weighted by atomic mass is 32.1. The highest BCUT2D eigenvalue weighted by Crippen LogP contribution is 2.45. The lowest BCUT2D eigenvalue weighted by molar-refractivity contribution is 1.28. The number of rotatable bonds is 7. The van der Waals surface area contributed by atoms with Gasteiger partial charge in [-0.2, -0.15) is 0 Å². The van der Waals surface area contributed by atoms with E-state index in [0.29, 0.717) is 0 Å². The van der Waals surface area contributed by atoms with Crippen molar-refractivity contribution in [3.05, 3.63) is 224 Å². The second-order valence-corrected chi connectivity index (χ2v) is 17.8. The van der Waals surface area contributed by atoms with E-state index in [2.05, 4.69) is 229 Å². The van der Waals surface area contributed by atoms with Gasteiger partial charge in [0.2, 0.25) is 0 Å². The van der Waals surface area contributed by atoms with Crippen LogP contribution in [-0.2, 0) is 0 Å². The molecule has 0 saturated carbocycles. The number of hydrogen-bond donors (Lipinski definition) is 0. The molecule has 0 radical (unpaired) electrons. The van der Waals surface area contributed by atoms with Gasteiger partial charge in [0.25, 0.3) is 0 Å². The van der Waals surface area contributed by atoms with E-state index in [1.54, 1.807) is 0 Å². The van der Waals surface area contributed by atoms with Gasteiger partial charge in [0.15, 0.2) is 0 Å². The summed E-state index contributed by atoms with van der Waals surface area (Å²) in [6.07, 6.45) is 0. The van der Waals surface area contributed by atoms with Crippen LogP contribution in [0.25, 0.3) is 95.6 Å². The molecule has 0 atom stereocenters. The van der Waals surface area contributed by atoms with Crippen LogP contribution in [-0.4, -0.2) is 0 Å². The van der Waals surface area contributed by atoms with Crippen molar-refractivity contribution in [2.45, 2.75) is 0 Å². The van der Waals surface area contributed by atoms with E-state index in [1.807, 2.05) is 22.7 Å². The minimum atomic E-state index is 1.10. The lowest BCUT2D eigenvalue weighted by Crippen LogP contribution is -2.10. The van der Waals surface area contributed by atoms with Crippen molar-refractivity contribution in [1.82, 2.24) is 0 Å². The third-order valence-electron chi connectivity index (χ3n) is 12.0. The first-order chi connectivity index (χ1) is 30.2. The molecule has 3 heteroatoms. The van der Waals surface area contributed by atoms with E-state index in [4.69, 9.17) is 0 Å². The Hall–Kier alpha value is -7.30. The zero-order valence-electron chi connectivity index (χ0n) is 33.1. The van der Waals surface area contributed by atoms with E-state index < -0.39 is 0 Å². The van der Waals surface area contributed by atoms with E-state index in [0.717, 1.165) is 17.1 Å². The summed E-state index contributed by atoms with van der Waals surface area (Å²) in [5.74, 6) is 0. The van der Waals surface area contributed by atoms with Gasteiger partial charge in [0.05, 0.1) is 0 Å². The number of nitrogens with zero attached hydrogens (tertiary/aromatic N) is 1. The van der Waals surface area contributed by atoms with Crippen LogP contribution in [0, 0.1) is 0 Å². The van der Waals surface area contributed by atoms with Gasteiger partial charge < -0.3 is 4.90 Å². The van der Waals surface area contributed by atoms with Gasteiger partial charge in [-0.1, -0.05) is 164 Å². The highest BCUT2D eigenvalue weighted by molar-refractivity contribution is 7.26. The number of hydrogen-bond acceptors (Lipinski definition) is 3. The zero-order valence-corrected chi connectivity index (χ0v) is 34.8. The standard InChI is InChI=1S/C58H37NS2/c1-2-24-47-38(14-1)15-11-27-48(47)42-19-9-22-45(36-42)59(46-23-10-20-43(37-46)49-28-13-33-56-57(49)53-26-4-6-32-55(53)60-56)44-21-8-17-40(35-44)39-16-7-18-41(34-39)50-29-12-30-52-51-25-3-5-31-54(51)61-58(50)52/h1-37H. The van der Waals surface area contributed by atoms with Crippen LogP contribution in [0.1, 0.15) is 0 Å². The van der Waals surface area contributed by atoms with Gasteiger partial charge in [-0.05, 0) is 116 Å². The molecule has 61 heavy (non-hydrogen) atoms. The maximum Gasteiger partial charge on any atom is 0.0467 e. The summed E-state index contributed by atoms with van der Waals surface area (Å²) >= 11 is 3.75. The Kier molecular flexibility index (Phi) is 8.62. The molecule has 0 amide bonds. The molecule has 0 bridgehead atoms. The van der Waals surface area contributed by atoms with Crippen molar-refractivity contribution in [2.75, 3.05) is 4.90 Å². The molecule has 286 valence electrons. The van der Waals surface area contributed by atoms with E-state index >= 15 is 0 Å². The van der Waals surface area contributed by atoms with Gasteiger partial charge in [-0.25, -0.2) is 0 Å². The van der Waals surface area contributed by atoms with E-state index in [9.17, 15) is 0 Å². The second kappa shape index (κ2) is 14.8. The Balaban J connectivity index is 1.01. The number of anilines is 3. The molecule has 12 rings (SSSR count). The fraction of sp³-hybridized carbons (Fsp3) is 0. The van der Waals surface area contributed by atoms with Crippen molar-refractivity contribution in [1.29, 1.82) is 0 Å². The molecule has 0 saturated heterocycles. The minimum absolute atomic E-state index is 1.10. The first-order valence-electron chi connectivity index (χ1n) is 20.7. The SMILES string of the molecule is c1cc(-c2cccc(N(c3cccc(-c4cccc5ccccc45)c3)c3cccc(-c4cccc5sc6ccccc6c45)c3)c2)cc(-c2cccc3c2sc2ccccc23)c1. The van der Waals surface area contributed by atoms with Gasteiger partial charge in [-0.15, -0.1) is 22.7 Å². The summed E-state index contributed by atoms with van der Waals surface area (Å²) in [5.41, 5.74) is 13.0. The molecule has 0 N–H and O–H groups in total. The average Bonchev–Trinajstić information content (AvgIpc) is 3.91. The maximum atomic E-state index is 2.43. The molecule has 0 aliphatic rings. The Labute approximate surface area is 362 Å². The van der Waals surface area contributed by atoms with E-state index in [1.165, 1.54) is 95.6 Å². The van der Waals surface area contributed by atoms with Crippen LogP contribution in [0.15, 0.2) is 224 Å². The first-order valence-corrected chi connectivity index (χ1v) is 22.4. The van der Waals surface area contributed by atoms with E-state index in [-0.39, 0.29) is 0 Å². The van der Waals surface area contributed by atoms with Crippen LogP contribution >= 0.6 is 22.7 Å². The monoisotopic (exact) mass is 811 g/mol. The predicted molar refractivity (Wildman–Crippen MR) is 266 cm³/mol. The molecular formula is C58H37NS2. The van der Waals surface area contributed by atoms with Crippen molar-refractivity contribution in [2.24, 2.45) is 0 Å². The number of thiophene rings is 2. The summed E-state index contributed by atoms with van der Waals surface area (Å²) in [7, 11) is 0. The first kappa shape index (κ1) is 35.6. The lowest BCUT2D eigenvalue weighted by atomic mass is 9.96. The minimum Gasteiger partial charge on any atom is -0.310 e. The topological polar surface area (TPSA) is 3.24 Å². The smallest absolute Gasteiger partial charge is 0.0467 e. The Morgan fingerprint density at radius 1 is 0.279 bits per heavy atom. The summed E-state index contributed by atoms with van der Waals surface area (Å²) in [6.45, 7) is 0. The van der Waals surface area contributed by atoms with Crippen molar-refractivity contribution in [3.8, 4) is 44.5 Å². The highest BCUT2D eigenvalue weighted by Gasteiger charge is 2.18. The molecule has 10 aromatic carbocycles. The van der Waals surface area contributed by atoms with Crippen LogP contribution in [0.2, 0.25) is 0 Å². The summed E-state index contributed by atoms with van der Waals surface area (Å²) in [4.78, 5) is 2.43. The van der Waals surface area contributed by atoms with Crippen LogP contribution < -0.4 is 4.90 Å². The summed E-state index contributed by atoms with van der Waals surface area (Å²) in [5, 5.41) is 7.75. The quantitative estimate of drug-likeness (QED) is 0.155. The van der Waals surface area contributed by atoms with Gasteiger partial charge >= 0.3 is 0 Å². The lowest BCUT2D eigenvalue weighted by Gasteiger charge is -2.27. The molecule has 12 aromatic rings. The Morgan fingerprint density at radius 3 is 1.51 bits per heavy atom. The third kappa shape index (κ3) is 6.21. The van der Waals surface area contributed by atoms with Crippen molar-refractivity contribution >= 4 is 90.9 Å². The number of fused-ring (bicyclic) bond motifs is 7. The summed E-state index contributed by atoms with van der Waals surface area (Å²) in [6, 6.07) is 82.5. The van der Waals surface area contributed by atoms with Crippen LogP contribution in [0.3, 0.4) is 0 Å². The predicted octanol–water partition coefficient (Wildman–Crippen LogP) is 17.7. The Bertz CT molecular complexity index is 3620. The fourth-order valence-corrected chi connectivity index (χ4v) is 11.6. The van der Waals surface area contributed by atoms with Gasteiger partial charge in [0.1, 0.15) is 0 Å². The summed E-state index contributed by atoms with van der Waals surface area (Å²) < 4.78 is 5.28. The van der Waals surface area contributed by atoms with Gasteiger partial charge in [0, 0.05) is 57.4 Å². The molecule has 0 aliphatic heterocycles. The van der Waals surface area contributed by atoms with Crippen LogP contribution in [0.4, 0.5) is 17.1 Å². The van der Waals surface area contributed by atoms with Gasteiger partial charge in [-0.3, -0.25) is 0 Å². The second-order valence-electron chi connectivity index (χ2n) is 15.7. The van der Waals surface area contributed by atoms with Crippen molar-refractivity contribution < 1.29 is 0 Å². The molecule has 0 aliphatic carbocycles. The normalized spacial score (nSPS) is 11.6. The average molecular weight is 812 g/mol. The maximum absolute atomic E-state index is 2.43. The Morgan fingerprint density at radius 2 is 0.738 bits per heavy atom. The number of benzene rings is 10. The largest absolute Gasteiger partial charge is 0.310 e. The zero-order chi connectivity index (χ0) is 40.3. The molecule has 0 fully saturated rings. The molecule has 2 aromatic heterocycles. The molecule has 1 nitrogen and oxygen atoms in total. The fourth-order valence-electron chi connectivity index (χ4n) is 9.23. The molecule has 0 spiro atoms. The molecule has 2 heterocycles. The molecule has 0 unspecified atom stereocenters. The van der Waals surface area contributed by atoms with Crippen LogP contribution in [0.5, 0.6) is 0 Å².